The summed E-state index contributed by atoms with van der Waals surface area (Å²) in [6.07, 6.45) is 0. The summed E-state index contributed by atoms with van der Waals surface area (Å²) in [7, 11) is 0.620. The third-order valence-electron chi connectivity index (χ3n) is 1.29. The van der Waals surface area contributed by atoms with Gasteiger partial charge in [0.2, 0.25) is 0 Å². The molecule has 0 amide bonds. The van der Waals surface area contributed by atoms with E-state index in [9.17, 15) is 0 Å². The van der Waals surface area contributed by atoms with Gasteiger partial charge in [-0.3, -0.25) is 0 Å². The molecule has 0 unspecified atom stereocenters. The van der Waals surface area contributed by atoms with Crippen molar-refractivity contribution >= 4 is 13.4 Å². The lowest BCUT2D eigenvalue weighted by atomic mass is 10.2. The van der Waals surface area contributed by atoms with Gasteiger partial charge in [-0.1, -0.05) is 36.9 Å². The second-order valence-corrected chi connectivity index (χ2v) is 2.01. The molecule has 1 aromatic rings. The maximum atomic E-state index is 8.29. The van der Waals surface area contributed by atoms with Crippen molar-refractivity contribution < 1.29 is 9.68 Å². The van der Waals surface area contributed by atoms with Gasteiger partial charge >= 0.3 is 7.69 Å². The molecule has 0 fully saturated rings. The summed E-state index contributed by atoms with van der Waals surface area (Å²) in [5.74, 6) is 0.438. The zero-order valence-corrected chi connectivity index (χ0v) is 6.03. The average Bonchev–Trinajstić information content (AvgIpc) is 2.07. The van der Waals surface area contributed by atoms with E-state index in [-0.39, 0.29) is 0 Å². The first-order chi connectivity index (χ1) is 5.34. The molecule has 0 saturated carbocycles. The second kappa shape index (κ2) is 3.83. The van der Waals surface area contributed by atoms with Crippen LogP contribution in [0.2, 0.25) is 0 Å². The largest absolute Gasteiger partial charge is 0.569 e. The summed E-state index contributed by atoms with van der Waals surface area (Å²) in [4.78, 5) is 0. The van der Waals surface area contributed by atoms with Crippen LogP contribution in [0.25, 0.3) is 5.76 Å². The number of benzene rings is 1. The molecule has 1 aromatic carbocycles. The predicted molar refractivity (Wildman–Crippen MR) is 44.5 cm³/mol. The first-order valence-corrected chi connectivity index (χ1v) is 3.21. The molecule has 55 valence electrons. The quantitative estimate of drug-likeness (QED) is 0.514. The molecule has 0 aromatic heterocycles. The highest BCUT2D eigenvalue weighted by Crippen LogP contribution is 2.10. The van der Waals surface area contributed by atoms with Gasteiger partial charge in [-0.25, -0.2) is 0 Å². The molecule has 0 spiro atoms. The van der Waals surface area contributed by atoms with E-state index in [1.807, 2.05) is 30.3 Å². The molecule has 0 bridgehead atoms. The van der Waals surface area contributed by atoms with E-state index < -0.39 is 0 Å². The highest BCUT2D eigenvalue weighted by Gasteiger charge is 1.97. The van der Waals surface area contributed by atoms with Gasteiger partial charge in [-0.2, -0.15) is 0 Å². The van der Waals surface area contributed by atoms with Gasteiger partial charge in [0.05, 0.1) is 0 Å². The van der Waals surface area contributed by atoms with Crippen molar-refractivity contribution in [3.63, 3.8) is 0 Å². The topological polar surface area (TPSA) is 29.5 Å². The van der Waals surface area contributed by atoms with E-state index >= 15 is 0 Å². The van der Waals surface area contributed by atoms with Crippen LogP contribution in [0.1, 0.15) is 5.56 Å². The highest BCUT2D eigenvalue weighted by molar-refractivity contribution is 6.18. The van der Waals surface area contributed by atoms with Crippen LogP contribution in [-0.4, -0.2) is 12.7 Å². The Balaban J connectivity index is 2.69. The van der Waals surface area contributed by atoms with Gasteiger partial charge in [-0.05, 0) is 0 Å². The monoisotopic (exact) mass is 147 g/mol. The number of hydrogen-bond donors (Lipinski definition) is 1. The Morgan fingerprint density at radius 3 is 2.55 bits per heavy atom. The summed E-state index contributed by atoms with van der Waals surface area (Å²) in [5, 5.41) is 8.29. The molecule has 1 radical (unpaired) electrons. The molecule has 0 atom stereocenters. The third-order valence-corrected chi connectivity index (χ3v) is 1.29. The number of rotatable bonds is 3. The van der Waals surface area contributed by atoms with Crippen LogP contribution in [0.3, 0.4) is 0 Å². The first kappa shape index (κ1) is 7.89. The predicted octanol–water partition coefficient (Wildman–Crippen LogP) is 1.20. The van der Waals surface area contributed by atoms with E-state index in [1.54, 1.807) is 0 Å². The van der Waals surface area contributed by atoms with E-state index in [1.165, 1.54) is 0 Å². The Hall–Kier alpha value is -1.22. The smallest absolute Gasteiger partial charge is 0.537 e. The van der Waals surface area contributed by atoms with Crippen molar-refractivity contribution in [3.05, 3.63) is 42.5 Å². The summed E-state index contributed by atoms with van der Waals surface area (Å²) >= 11 is 0. The fourth-order valence-corrected chi connectivity index (χ4v) is 0.756. The van der Waals surface area contributed by atoms with Gasteiger partial charge in [-0.15, -0.1) is 0 Å². The third kappa shape index (κ3) is 2.13. The van der Waals surface area contributed by atoms with Crippen molar-refractivity contribution in [2.75, 3.05) is 0 Å². The van der Waals surface area contributed by atoms with Gasteiger partial charge in [0, 0.05) is 5.56 Å². The standard InChI is InChI=1S/C8H8BO2/c1-7(11-9-10)8-5-3-2-4-6-8/h2-6,10H,1H2. The van der Waals surface area contributed by atoms with E-state index in [0.717, 1.165) is 5.56 Å². The Kier molecular flexibility index (Phi) is 2.75. The van der Waals surface area contributed by atoms with Crippen molar-refractivity contribution in [1.82, 2.24) is 0 Å². The van der Waals surface area contributed by atoms with Crippen LogP contribution in [0, 0.1) is 0 Å². The Bertz CT molecular complexity index is 233. The molecular weight excluding hydrogens is 139 g/mol. The van der Waals surface area contributed by atoms with Crippen molar-refractivity contribution in [2.45, 2.75) is 0 Å². The van der Waals surface area contributed by atoms with Crippen molar-refractivity contribution in [3.8, 4) is 0 Å². The number of hydrogen-bond acceptors (Lipinski definition) is 2. The summed E-state index contributed by atoms with van der Waals surface area (Å²) in [6, 6.07) is 9.36. The summed E-state index contributed by atoms with van der Waals surface area (Å²) in [6.45, 7) is 3.60. The molecule has 1 rings (SSSR count). The summed E-state index contributed by atoms with van der Waals surface area (Å²) in [5.41, 5.74) is 0.859. The lowest BCUT2D eigenvalue weighted by molar-refractivity contribution is 0.429. The molecular formula is C8H8BO2. The van der Waals surface area contributed by atoms with Gasteiger partial charge in [0.1, 0.15) is 5.76 Å². The van der Waals surface area contributed by atoms with Crippen LogP contribution in [0.4, 0.5) is 0 Å². The second-order valence-electron chi connectivity index (χ2n) is 2.01. The SMILES string of the molecule is C=C(O[B]O)c1ccccc1. The zero-order chi connectivity index (χ0) is 8.10. The molecule has 0 heterocycles. The average molecular weight is 147 g/mol. The van der Waals surface area contributed by atoms with Crippen LogP contribution in [0.15, 0.2) is 36.9 Å². The fraction of sp³-hybridized carbons (Fsp3) is 0. The minimum absolute atomic E-state index is 0.438. The fourth-order valence-electron chi connectivity index (χ4n) is 0.756. The lowest BCUT2D eigenvalue weighted by Crippen LogP contribution is -1.95. The Morgan fingerprint density at radius 2 is 2.00 bits per heavy atom. The molecule has 3 heteroatoms. The molecule has 0 aliphatic carbocycles. The van der Waals surface area contributed by atoms with Crippen molar-refractivity contribution in [1.29, 1.82) is 0 Å². The van der Waals surface area contributed by atoms with Gasteiger partial charge in [0.15, 0.2) is 0 Å². The Labute approximate surface area is 66.4 Å². The molecule has 2 nitrogen and oxygen atoms in total. The molecule has 0 saturated heterocycles. The molecule has 0 aliphatic rings. The van der Waals surface area contributed by atoms with Crippen molar-refractivity contribution in [2.24, 2.45) is 0 Å². The molecule has 0 aliphatic heterocycles. The molecule has 11 heavy (non-hydrogen) atoms. The van der Waals surface area contributed by atoms with Crippen LogP contribution in [-0.2, 0) is 4.65 Å². The Morgan fingerprint density at radius 1 is 1.36 bits per heavy atom. The van der Waals surface area contributed by atoms with Crippen LogP contribution in [0.5, 0.6) is 0 Å². The van der Waals surface area contributed by atoms with E-state index in [4.69, 9.17) is 5.02 Å². The van der Waals surface area contributed by atoms with E-state index in [0.29, 0.717) is 13.4 Å². The molecule has 1 N–H and O–H groups in total. The van der Waals surface area contributed by atoms with Crippen LogP contribution < -0.4 is 0 Å². The van der Waals surface area contributed by atoms with Crippen LogP contribution >= 0.6 is 0 Å². The van der Waals surface area contributed by atoms with Gasteiger partial charge < -0.3 is 9.68 Å². The summed E-state index contributed by atoms with van der Waals surface area (Å²) < 4.78 is 4.66. The first-order valence-electron chi connectivity index (χ1n) is 3.21. The maximum absolute atomic E-state index is 8.29. The highest BCUT2D eigenvalue weighted by atomic mass is 16.5. The minimum Gasteiger partial charge on any atom is -0.537 e. The van der Waals surface area contributed by atoms with Gasteiger partial charge in [0.25, 0.3) is 0 Å². The normalized spacial score (nSPS) is 8.82. The van der Waals surface area contributed by atoms with E-state index in [2.05, 4.69) is 11.2 Å². The lowest BCUT2D eigenvalue weighted by Gasteiger charge is -2.03. The zero-order valence-electron chi connectivity index (χ0n) is 6.03. The minimum atomic E-state index is 0.438. The maximum Gasteiger partial charge on any atom is 0.569 e.